The van der Waals surface area contributed by atoms with Gasteiger partial charge in [0.15, 0.2) is 10.6 Å². The zero-order valence-electron chi connectivity index (χ0n) is 12.0. The highest BCUT2D eigenvalue weighted by Gasteiger charge is 2.08. The summed E-state index contributed by atoms with van der Waals surface area (Å²) in [4.78, 5) is 30.8. The van der Waals surface area contributed by atoms with E-state index in [1.807, 2.05) is 0 Å². The van der Waals surface area contributed by atoms with Gasteiger partial charge in [0.1, 0.15) is 11.8 Å². The Balaban J connectivity index is 2.11. The largest absolute Gasteiger partial charge is 0.463 e. The van der Waals surface area contributed by atoms with Crippen LogP contribution in [-0.2, 0) is 0 Å². The van der Waals surface area contributed by atoms with E-state index in [1.165, 1.54) is 30.2 Å². The Morgan fingerprint density at radius 1 is 1.35 bits per heavy atom. The lowest BCUT2D eigenvalue weighted by Gasteiger charge is -2.02. The Morgan fingerprint density at radius 3 is 2.91 bits per heavy atom. The first-order chi connectivity index (χ1) is 11.1. The second-order valence-corrected chi connectivity index (χ2v) is 5.85. The molecule has 0 aliphatic carbocycles. The van der Waals surface area contributed by atoms with Gasteiger partial charge in [-0.2, -0.15) is 0 Å². The van der Waals surface area contributed by atoms with Gasteiger partial charge in [0.2, 0.25) is 0 Å². The molecule has 3 aromatic rings. The van der Waals surface area contributed by atoms with Gasteiger partial charge < -0.3 is 9.40 Å². The van der Waals surface area contributed by atoms with E-state index < -0.39 is 0 Å². The van der Waals surface area contributed by atoms with Crippen LogP contribution in [0.1, 0.15) is 11.3 Å². The monoisotopic (exact) mass is 346 g/mol. The number of nitrogens with one attached hydrogen (secondary N) is 1. The van der Waals surface area contributed by atoms with E-state index >= 15 is 0 Å². The van der Waals surface area contributed by atoms with E-state index in [1.54, 1.807) is 30.5 Å². The third kappa shape index (κ3) is 3.23. The van der Waals surface area contributed by atoms with Crippen LogP contribution in [0, 0.1) is 0 Å². The molecule has 0 fully saturated rings. The van der Waals surface area contributed by atoms with Gasteiger partial charge in [-0.3, -0.25) is 9.59 Å². The Labute approximate surface area is 140 Å². The molecule has 0 atom stereocenters. The molecule has 2 heterocycles. The smallest absolute Gasteiger partial charge is 0.252 e. The zero-order valence-corrected chi connectivity index (χ0v) is 13.6. The van der Waals surface area contributed by atoms with Crippen LogP contribution in [0.2, 0.25) is 0 Å². The Hall–Kier alpha value is -2.31. The van der Waals surface area contributed by atoms with Gasteiger partial charge in [-0.15, -0.1) is 0 Å². The molecule has 2 aromatic heterocycles. The van der Waals surface area contributed by atoms with Gasteiger partial charge in [-0.25, -0.2) is 4.98 Å². The molecule has 0 aliphatic heterocycles. The predicted molar refractivity (Wildman–Crippen MR) is 92.8 cm³/mol. The third-order valence-electron chi connectivity index (χ3n) is 3.15. The van der Waals surface area contributed by atoms with Crippen molar-refractivity contribution in [3.8, 4) is 0 Å². The molecule has 0 radical (unpaired) electrons. The maximum absolute atomic E-state index is 12.4. The Bertz CT molecular complexity index is 1020. The van der Waals surface area contributed by atoms with Crippen LogP contribution in [-0.4, -0.2) is 16.2 Å². The lowest BCUT2D eigenvalue weighted by Crippen LogP contribution is -2.09. The molecule has 0 amide bonds. The van der Waals surface area contributed by atoms with Crippen molar-refractivity contribution in [2.24, 2.45) is 0 Å². The average Bonchev–Trinajstić information content (AvgIpc) is 2.57. The molecule has 0 saturated heterocycles. The fourth-order valence-corrected chi connectivity index (χ4v) is 2.66. The van der Waals surface area contributed by atoms with Crippen LogP contribution < -0.4 is 11.0 Å². The van der Waals surface area contributed by atoms with E-state index in [9.17, 15) is 9.59 Å². The quantitative estimate of drug-likeness (QED) is 0.581. The number of hydrogen-bond donors (Lipinski definition) is 1. The fourth-order valence-electron chi connectivity index (χ4n) is 2.06. The summed E-state index contributed by atoms with van der Waals surface area (Å²) >= 11 is 7.51. The lowest BCUT2D eigenvalue weighted by atomic mass is 10.1. The number of aromatic nitrogens is 2. The van der Waals surface area contributed by atoms with Gasteiger partial charge in [-0.05, 0) is 24.5 Å². The molecule has 3 rings (SSSR count). The lowest BCUT2D eigenvalue weighted by molar-refractivity contribution is 0.601. The van der Waals surface area contributed by atoms with E-state index in [2.05, 4.69) is 9.97 Å². The maximum Gasteiger partial charge on any atom is 0.252 e. The number of nitrogens with zero attached hydrogens (tertiary/aromatic N) is 1. The van der Waals surface area contributed by atoms with Crippen molar-refractivity contribution in [3.63, 3.8) is 0 Å². The minimum atomic E-state index is -0.309. The van der Waals surface area contributed by atoms with Crippen molar-refractivity contribution >= 4 is 45.4 Å². The number of H-pyrrole nitrogens is 1. The summed E-state index contributed by atoms with van der Waals surface area (Å²) in [7, 11) is 0. The number of halogens is 1. The summed E-state index contributed by atoms with van der Waals surface area (Å²) < 4.78 is 5.43. The molecule has 0 saturated carbocycles. The molecule has 0 spiro atoms. The summed E-state index contributed by atoms with van der Waals surface area (Å²) in [6.07, 6.45) is 4.58. The molecule has 0 unspecified atom stereocenters. The summed E-state index contributed by atoms with van der Waals surface area (Å²) in [6.45, 7) is 0. The molecule has 5 nitrogen and oxygen atoms in total. The van der Waals surface area contributed by atoms with Crippen LogP contribution in [0.15, 0.2) is 55.8 Å². The normalized spacial score (nSPS) is 11.8. The summed E-state index contributed by atoms with van der Waals surface area (Å²) in [5.74, 6) is 0. The average molecular weight is 347 g/mol. The van der Waals surface area contributed by atoms with Crippen LogP contribution in [0.5, 0.6) is 0 Å². The first kappa shape index (κ1) is 15.6. The number of thioether (sulfide) groups is 1. The van der Waals surface area contributed by atoms with Crippen LogP contribution in [0.4, 0.5) is 0 Å². The summed E-state index contributed by atoms with van der Waals surface area (Å²) in [5, 5.41) is 1.10. The second kappa shape index (κ2) is 6.44. The van der Waals surface area contributed by atoms with Crippen LogP contribution in [0.25, 0.3) is 22.1 Å². The molecule has 1 N–H and O–H groups in total. The van der Waals surface area contributed by atoms with Crippen molar-refractivity contribution in [2.75, 3.05) is 6.26 Å². The van der Waals surface area contributed by atoms with Crippen molar-refractivity contribution in [1.82, 2.24) is 9.97 Å². The highest BCUT2D eigenvalue weighted by Crippen LogP contribution is 2.21. The first-order valence-electron chi connectivity index (χ1n) is 6.62. The highest BCUT2D eigenvalue weighted by molar-refractivity contribution is 7.98. The molecule has 116 valence electrons. The Morgan fingerprint density at radius 2 is 2.13 bits per heavy atom. The van der Waals surface area contributed by atoms with E-state index in [0.717, 1.165) is 0 Å². The zero-order chi connectivity index (χ0) is 16.4. The van der Waals surface area contributed by atoms with Crippen LogP contribution >= 0.6 is 23.4 Å². The molecular formula is C16H11ClN2O3S. The van der Waals surface area contributed by atoms with Gasteiger partial charge in [0, 0.05) is 6.07 Å². The predicted octanol–water partition coefficient (Wildman–Crippen LogP) is 3.34. The minimum Gasteiger partial charge on any atom is -0.463 e. The Kier molecular flexibility index (Phi) is 4.36. The standard InChI is InChI=1S/C16H11ClN2O3S/c1-23-16-18-12(7-14(20)19-16)11(17)6-9-8-22-13-5-3-2-4-10(13)15(9)21/h2-8H,1H3,(H,18,19,20). The van der Waals surface area contributed by atoms with Crippen LogP contribution in [0.3, 0.4) is 0 Å². The molecular weight excluding hydrogens is 336 g/mol. The summed E-state index contributed by atoms with van der Waals surface area (Å²) in [6, 6.07) is 8.23. The van der Waals surface area contributed by atoms with Gasteiger partial charge in [0.25, 0.3) is 5.56 Å². The summed E-state index contributed by atoms with van der Waals surface area (Å²) in [5.41, 5.74) is 0.593. The third-order valence-corrected chi connectivity index (χ3v) is 4.03. The number of aromatic amines is 1. The number of benzene rings is 1. The first-order valence-corrected chi connectivity index (χ1v) is 8.22. The van der Waals surface area contributed by atoms with Crippen molar-refractivity contribution < 1.29 is 4.42 Å². The van der Waals surface area contributed by atoms with Gasteiger partial charge >= 0.3 is 0 Å². The maximum atomic E-state index is 12.4. The van der Waals surface area contributed by atoms with E-state index in [-0.39, 0.29) is 16.0 Å². The molecule has 0 aliphatic rings. The van der Waals surface area contributed by atoms with Crippen molar-refractivity contribution in [2.45, 2.75) is 5.16 Å². The molecule has 0 bridgehead atoms. The van der Waals surface area contributed by atoms with Crippen molar-refractivity contribution in [1.29, 1.82) is 0 Å². The number of rotatable bonds is 3. The van der Waals surface area contributed by atoms with Gasteiger partial charge in [-0.1, -0.05) is 35.5 Å². The minimum absolute atomic E-state index is 0.189. The SMILES string of the molecule is CSc1nc(C(Cl)=Cc2coc3ccccc3c2=O)cc(=O)[nH]1. The number of fused-ring (bicyclic) bond motifs is 1. The molecule has 23 heavy (non-hydrogen) atoms. The molecule has 1 aromatic carbocycles. The fraction of sp³-hybridized carbons (Fsp3) is 0.0625. The number of hydrogen-bond acceptors (Lipinski definition) is 5. The van der Waals surface area contributed by atoms with E-state index in [0.29, 0.717) is 27.4 Å². The molecule has 7 heteroatoms. The topological polar surface area (TPSA) is 76.0 Å². The highest BCUT2D eigenvalue weighted by atomic mass is 35.5. The number of para-hydroxylation sites is 1. The van der Waals surface area contributed by atoms with Crippen molar-refractivity contribution in [3.05, 3.63) is 68.4 Å². The van der Waals surface area contributed by atoms with Gasteiger partial charge in [0.05, 0.1) is 21.7 Å². The second-order valence-electron chi connectivity index (χ2n) is 4.65. The van der Waals surface area contributed by atoms with E-state index in [4.69, 9.17) is 16.0 Å².